The molecule has 0 saturated heterocycles. The molecular weight excluding hydrogens is 440 g/mol. The lowest BCUT2D eigenvalue weighted by Gasteiger charge is -2.20. The Labute approximate surface area is 166 Å². The topological polar surface area (TPSA) is 176 Å². The highest BCUT2D eigenvalue weighted by Gasteiger charge is 2.38. The van der Waals surface area contributed by atoms with Gasteiger partial charge in [-0.3, -0.25) is 0 Å². The minimum atomic E-state index is -5.08. The van der Waals surface area contributed by atoms with Gasteiger partial charge in [0.05, 0.1) is 11.0 Å². The van der Waals surface area contributed by atoms with E-state index >= 15 is 0 Å². The molecule has 16 heteroatoms. The van der Waals surface area contributed by atoms with Gasteiger partial charge in [0, 0.05) is 6.54 Å². The molecule has 0 aliphatic carbocycles. The molecule has 0 aliphatic heterocycles. The fourth-order valence-electron chi connectivity index (χ4n) is 1.08. The lowest BCUT2D eigenvalue weighted by molar-refractivity contribution is -0.193. The highest BCUT2D eigenvalue weighted by molar-refractivity contribution is 7.80. The first-order valence-electron chi connectivity index (χ1n) is 7.36. The number of nitrogens with two attached hydrogens (primary N) is 2. The number of aliphatic carboxylic acids is 3. The largest absolute Gasteiger partial charge is 0.490 e. The van der Waals surface area contributed by atoms with E-state index in [1.807, 2.05) is 13.8 Å². The number of carboxylic acid groups (broad SMARTS) is 3. The predicted octanol–water partition coefficient (Wildman–Crippen LogP) is 0.955. The van der Waals surface area contributed by atoms with Crippen molar-refractivity contribution in [3.05, 3.63) is 0 Å². The van der Waals surface area contributed by atoms with Crippen molar-refractivity contribution in [2.24, 2.45) is 17.4 Å². The quantitative estimate of drug-likeness (QED) is 0.247. The number of carbonyl (C=O) groups is 3. The SMILES string of the molecule is CC(C)C[C@H](NC(=S)[C@@H](N)CN)C(=O)O.O=C(O)C(F)(F)F.O=C(O)C(F)(F)F. The Morgan fingerprint density at radius 3 is 1.45 bits per heavy atom. The average molecular weight is 461 g/mol. The van der Waals surface area contributed by atoms with Crippen molar-refractivity contribution in [1.29, 1.82) is 0 Å². The van der Waals surface area contributed by atoms with Crippen molar-refractivity contribution in [2.45, 2.75) is 44.7 Å². The van der Waals surface area contributed by atoms with Crippen molar-refractivity contribution < 1.29 is 56.0 Å². The van der Waals surface area contributed by atoms with Crippen LogP contribution in [0.4, 0.5) is 26.3 Å². The number of nitrogens with one attached hydrogen (secondary N) is 1. The van der Waals surface area contributed by atoms with E-state index in [2.05, 4.69) is 5.32 Å². The molecule has 0 bridgehead atoms. The molecule has 0 amide bonds. The van der Waals surface area contributed by atoms with Crippen LogP contribution in [-0.4, -0.2) is 69.2 Å². The van der Waals surface area contributed by atoms with Crippen LogP contribution in [-0.2, 0) is 14.4 Å². The number of thiocarbonyl (C=S) groups is 1. The molecule has 8 N–H and O–H groups in total. The zero-order valence-corrected chi connectivity index (χ0v) is 15.9. The molecule has 0 unspecified atom stereocenters. The summed E-state index contributed by atoms with van der Waals surface area (Å²) in [6.07, 6.45) is -9.66. The van der Waals surface area contributed by atoms with Gasteiger partial charge in [-0.05, 0) is 12.3 Å². The second-order valence-corrected chi connectivity index (χ2v) is 5.92. The fraction of sp³-hybridized carbons (Fsp3) is 0.692. The third kappa shape index (κ3) is 18.9. The molecule has 0 aromatic rings. The van der Waals surface area contributed by atoms with Crippen LogP contribution in [0.1, 0.15) is 20.3 Å². The minimum absolute atomic E-state index is 0.208. The van der Waals surface area contributed by atoms with Crippen molar-refractivity contribution in [3.63, 3.8) is 0 Å². The molecule has 0 rings (SSSR count). The highest BCUT2D eigenvalue weighted by Crippen LogP contribution is 2.13. The normalized spacial score (nSPS) is 13.1. The fourth-order valence-corrected chi connectivity index (χ4v) is 1.32. The van der Waals surface area contributed by atoms with Crippen LogP contribution < -0.4 is 16.8 Å². The van der Waals surface area contributed by atoms with Crippen LogP contribution in [0.5, 0.6) is 0 Å². The molecule has 0 fully saturated rings. The summed E-state index contributed by atoms with van der Waals surface area (Å²) in [5.41, 5.74) is 10.9. The molecule has 9 nitrogen and oxygen atoms in total. The standard InChI is InChI=1S/C9H19N3O2S.2C2HF3O2/c1-5(2)3-7(9(13)14)12-8(15)6(11)4-10;2*3-2(4,5)1(6)7/h5-7H,3-4,10-11H2,1-2H3,(H,12,15)(H,13,14);2*(H,6,7)/t6-,7-;;/m0../s1. The van der Waals surface area contributed by atoms with E-state index in [1.54, 1.807) is 0 Å². The number of hydrogen-bond donors (Lipinski definition) is 6. The Kier molecular flexibility index (Phi) is 15.1. The van der Waals surface area contributed by atoms with Crippen molar-refractivity contribution >= 4 is 35.1 Å². The Balaban J connectivity index is -0.000000402. The summed E-state index contributed by atoms with van der Waals surface area (Å²) < 4.78 is 63.5. The summed E-state index contributed by atoms with van der Waals surface area (Å²) in [4.78, 5) is 29.0. The predicted molar refractivity (Wildman–Crippen MR) is 91.0 cm³/mol. The zero-order chi connectivity index (χ0) is 24.2. The monoisotopic (exact) mass is 461 g/mol. The molecular formula is C13H21F6N3O6S. The van der Waals surface area contributed by atoms with E-state index in [4.69, 9.17) is 48.6 Å². The van der Waals surface area contributed by atoms with Crippen LogP contribution in [0, 0.1) is 5.92 Å². The lowest BCUT2D eigenvalue weighted by atomic mass is 10.0. The van der Waals surface area contributed by atoms with Gasteiger partial charge in [-0.2, -0.15) is 26.3 Å². The minimum Gasteiger partial charge on any atom is -0.480 e. The van der Waals surface area contributed by atoms with Crippen LogP contribution in [0.2, 0.25) is 0 Å². The average Bonchev–Trinajstić information content (AvgIpc) is 2.52. The maximum absolute atomic E-state index is 10.9. The Hall–Kier alpha value is -2.20. The van der Waals surface area contributed by atoms with Gasteiger partial charge in [-0.25, -0.2) is 14.4 Å². The van der Waals surface area contributed by atoms with Gasteiger partial charge in [-0.1, -0.05) is 26.1 Å². The van der Waals surface area contributed by atoms with E-state index in [0.29, 0.717) is 11.4 Å². The summed E-state index contributed by atoms with van der Waals surface area (Å²) in [5, 5.41) is 25.9. The van der Waals surface area contributed by atoms with Crippen LogP contribution in [0.3, 0.4) is 0 Å². The summed E-state index contributed by atoms with van der Waals surface area (Å²) in [6.45, 7) is 4.10. The Morgan fingerprint density at radius 1 is 0.966 bits per heavy atom. The third-order valence-corrected chi connectivity index (χ3v) is 2.82. The van der Waals surface area contributed by atoms with Crippen LogP contribution in [0.15, 0.2) is 0 Å². The highest BCUT2D eigenvalue weighted by atomic mass is 32.1. The maximum atomic E-state index is 10.9. The second-order valence-electron chi connectivity index (χ2n) is 5.48. The summed E-state index contributed by atoms with van der Waals surface area (Å²) >= 11 is 4.94. The Morgan fingerprint density at radius 2 is 1.28 bits per heavy atom. The van der Waals surface area contributed by atoms with E-state index < -0.39 is 42.3 Å². The first kappa shape index (κ1) is 31.5. The lowest BCUT2D eigenvalue weighted by Crippen LogP contribution is -2.50. The van der Waals surface area contributed by atoms with Crippen LogP contribution >= 0.6 is 12.2 Å². The summed E-state index contributed by atoms with van der Waals surface area (Å²) in [5.74, 6) is -6.16. The summed E-state index contributed by atoms with van der Waals surface area (Å²) in [6, 6.07) is -1.16. The van der Waals surface area contributed by atoms with Gasteiger partial charge in [-0.15, -0.1) is 0 Å². The molecule has 0 aromatic heterocycles. The molecule has 172 valence electrons. The molecule has 29 heavy (non-hydrogen) atoms. The molecule has 0 aliphatic rings. The maximum Gasteiger partial charge on any atom is 0.490 e. The van der Waals surface area contributed by atoms with E-state index in [-0.39, 0.29) is 12.5 Å². The Bertz CT molecular complexity index is 532. The molecule has 0 aromatic carbocycles. The third-order valence-electron chi connectivity index (χ3n) is 2.40. The number of halogens is 6. The van der Waals surface area contributed by atoms with Crippen molar-refractivity contribution in [3.8, 4) is 0 Å². The van der Waals surface area contributed by atoms with Crippen LogP contribution in [0.25, 0.3) is 0 Å². The van der Waals surface area contributed by atoms with E-state index in [9.17, 15) is 31.1 Å². The van der Waals surface area contributed by atoms with E-state index in [0.717, 1.165) is 0 Å². The van der Waals surface area contributed by atoms with Gasteiger partial charge >= 0.3 is 30.3 Å². The van der Waals surface area contributed by atoms with Gasteiger partial charge in [0.25, 0.3) is 0 Å². The number of carboxylic acids is 3. The molecule has 2 atom stereocenters. The molecule has 0 saturated carbocycles. The zero-order valence-electron chi connectivity index (χ0n) is 15.0. The second kappa shape index (κ2) is 13.9. The number of alkyl halides is 6. The van der Waals surface area contributed by atoms with Gasteiger partial charge in [0.1, 0.15) is 6.04 Å². The van der Waals surface area contributed by atoms with Crippen molar-refractivity contribution in [2.75, 3.05) is 6.54 Å². The smallest absolute Gasteiger partial charge is 0.480 e. The molecule has 0 radical (unpaired) electrons. The molecule has 0 heterocycles. The van der Waals surface area contributed by atoms with Crippen molar-refractivity contribution in [1.82, 2.24) is 5.32 Å². The number of hydrogen-bond acceptors (Lipinski definition) is 6. The first-order valence-corrected chi connectivity index (χ1v) is 7.77. The first-order chi connectivity index (χ1) is 12.8. The molecule has 0 spiro atoms. The van der Waals surface area contributed by atoms with E-state index in [1.165, 1.54) is 0 Å². The van der Waals surface area contributed by atoms with Gasteiger partial charge < -0.3 is 32.1 Å². The van der Waals surface area contributed by atoms with Gasteiger partial charge in [0.2, 0.25) is 0 Å². The summed E-state index contributed by atoms with van der Waals surface area (Å²) in [7, 11) is 0. The number of rotatable bonds is 6. The van der Waals surface area contributed by atoms with Gasteiger partial charge in [0.15, 0.2) is 0 Å².